The molecule has 96 valence electrons. The first kappa shape index (κ1) is 14.6. The molecule has 17 heavy (non-hydrogen) atoms. The lowest BCUT2D eigenvalue weighted by molar-refractivity contribution is -0.138. The van der Waals surface area contributed by atoms with Gasteiger partial charge in [-0.1, -0.05) is 0 Å². The van der Waals surface area contributed by atoms with E-state index in [1.807, 2.05) is 0 Å². The van der Waals surface area contributed by atoms with Gasteiger partial charge in [0.15, 0.2) is 0 Å². The van der Waals surface area contributed by atoms with Gasteiger partial charge in [-0.15, -0.1) is 12.4 Å². The maximum absolute atomic E-state index is 12.8. The van der Waals surface area contributed by atoms with Crippen molar-refractivity contribution in [3.63, 3.8) is 0 Å². The molecule has 0 spiro atoms. The molecule has 0 unspecified atom stereocenters. The molecule has 1 atom stereocenters. The summed E-state index contributed by atoms with van der Waals surface area (Å²) in [5.74, 6) is 0.216. The molecule has 2 nitrogen and oxygen atoms in total. The van der Waals surface area contributed by atoms with Crippen LogP contribution in [-0.2, 0) is 6.18 Å². The number of nitrogens with two attached hydrogens (primary N) is 1. The van der Waals surface area contributed by atoms with Crippen molar-refractivity contribution < 1.29 is 17.9 Å². The van der Waals surface area contributed by atoms with Crippen LogP contribution >= 0.6 is 28.3 Å². The molecule has 0 radical (unpaired) electrons. The van der Waals surface area contributed by atoms with Gasteiger partial charge in [0.05, 0.1) is 16.6 Å². The molecule has 0 saturated carbocycles. The number of hydrogen-bond acceptors (Lipinski definition) is 2. The normalized spacial score (nSPS) is 19.0. The second kappa shape index (κ2) is 5.04. The average molecular weight is 333 g/mol. The summed E-state index contributed by atoms with van der Waals surface area (Å²) in [5.41, 5.74) is 5.05. The van der Waals surface area contributed by atoms with Crippen LogP contribution in [-0.4, -0.2) is 6.61 Å². The van der Waals surface area contributed by atoms with Crippen molar-refractivity contribution >= 4 is 28.3 Å². The summed E-state index contributed by atoms with van der Waals surface area (Å²) in [7, 11) is 0. The number of rotatable bonds is 0. The highest BCUT2D eigenvalue weighted by Crippen LogP contribution is 2.44. The monoisotopic (exact) mass is 331 g/mol. The zero-order chi connectivity index (χ0) is 11.9. The first-order chi connectivity index (χ1) is 7.41. The lowest BCUT2D eigenvalue weighted by atomic mass is 9.95. The molecule has 0 amide bonds. The Morgan fingerprint density at radius 3 is 2.59 bits per heavy atom. The van der Waals surface area contributed by atoms with Gasteiger partial charge in [-0.2, -0.15) is 13.2 Å². The van der Waals surface area contributed by atoms with Crippen LogP contribution in [0.2, 0.25) is 0 Å². The van der Waals surface area contributed by atoms with Gasteiger partial charge in [-0.05, 0) is 28.1 Å². The first-order valence-corrected chi connectivity index (χ1v) is 5.48. The molecule has 2 rings (SSSR count). The van der Waals surface area contributed by atoms with E-state index in [0.717, 1.165) is 6.07 Å². The minimum absolute atomic E-state index is 0. The van der Waals surface area contributed by atoms with Crippen LogP contribution in [0.3, 0.4) is 0 Å². The highest BCUT2D eigenvalue weighted by Gasteiger charge is 2.38. The third-order valence-electron chi connectivity index (χ3n) is 2.50. The van der Waals surface area contributed by atoms with Crippen molar-refractivity contribution in [1.29, 1.82) is 0 Å². The Morgan fingerprint density at radius 2 is 2.00 bits per heavy atom. The highest BCUT2D eigenvalue weighted by atomic mass is 79.9. The molecular formula is C10H10BrClF3NO. The van der Waals surface area contributed by atoms with E-state index in [-0.39, 0.29) is 23.7 Å². The number of halogens is 5. The Labute approximate surface area is 111 Å². The van der Waals surface area contributed by atoms with Gasteiger partial charge in [-0.25, -0.2) is 0 Å². The molecule has 1 aliphatic heterocycles. The largest absolute Gasteiger partial charge is 0.492 e. The molecule has 0 fully saturated rings. The second-order valence-corrected chi connectivity index (χ2v) is 4.43. The van der Waals surface area contributed by atoms with E-state index in [1.165, 1.54) is 6.07 Å². The zero-order valence-corrected chi connectivity index (χ0v) is 11.0. The molecule has 1 heterocycles. The molecule has 0 bridgehead atoms. The van der Waals surface area contributed by atoms with E-state index in [2.05, 4.69) is 15.9 Å². The molecule has 0 aromatic heterocycles. The summed E-state index contributed by atoms with van der Waals surface area (Å²) >= 11 is 3.16. The van der Waals surface area contributed by atoms with Crippen molar-refractivity contribution in [3.05, 3.63) is 27.7 Å². The van der Waals surface area contributed by atoms with Crippen molar-refractivity contribution in [1.82, 2.24) is 0 Å². The predicted octanol–water partition coefficient (Wildman–Crippen LogP) is 3.67. The smallest absolute Gasteiger partial charge is 0.416 e. The topological polar surface area (TPSA) is 35.2 Å². The predicted molar refractivity (Wildman–Crippen MR) is 63.4 cm³/mol. The Kier molecular flexibility index (Phi) is 4.33. The number of ether oxygens (including phenoxy) is 1. The molecule has 1 aliphatic rings. The fourth-order valence-corrected chi connectivity index (χ4v) is 2.23. The third-order valence-corrected chi connectivity index (χ3v) is 3.12. The summed E-state index contributed by atoms with van der Waals surface area (Å²) in [6, 6.07) is 1.73. The minimum Gasteiger partial charge on any atom is -0.492 e. The van der Waals surface area contributed by atoms with Crippen molar-refractivity contribution in [2.24, 2.45) is 5.73 Å². The van der Waals surface area contributed by atoms with Crippen molar-refractivity contribution in [2.45, 2.75) is 18.6 Å². The van der Waals surface area contributed by atoms with E-state index in [4.69, 9.17) is 10.5 Å². The Bertz CT molecular complexity index is 425. The summed E-state index contributed by atoms with van der Waals surface area (Å²) < 4.78 is 44.0. The van der Waals surface area contributed by atoms with E-state index in [1.54, 1.807) is 0 Å². The summed E-state index contributed by atoms with van der Waals surface area (Å²) in [4.78, 5) is 0. The van der Waals surface area contributed by atoms with Gasteiger partial charge in [0.25, 0.3) is 0 Å². The van der Waals surface area contributed by atoms with E-state index in [9.17, 15) is 13.2 Å². The molecule has 2 N–H and O–H groups in total. The third kappa shape index (κ3) is 2.69. The van der Waals surface area contributed by atoms with Gasteiger partial charge in [-0.3, -0.25) is 0 Å². The van der Waals surface area contributed by atoms with E-state index >= 15 is 0 Å². The molecule has 1 aromatic carbocycles. The Hall–Kier alpha value is -0.460. The van der Waals surface area contributed by atoms with Crippen LogP contribution in [0, 0.1) is 0 Å². The maximum atomic E-state index is 12.8. The van der Waals surface area contributed by atoms with Crippen LogP contribution in [0.1, 0.15) is 23.6 Å². The summed E-state index contributed by atoms with van der Waals surface area (Å²) in [6.07, 6.45) is -4.00. The minimum atomic E-state index is -4.40. The van der Waals surface area contributed by atoms with Crippen LogP contribution in [0.25, 0.3) is 0 Å². The van der Waals surface area contributed by atoms with Crippen LogP contribution in [0.4, 0.5) is 13.2 Å². The fourth-order valence-electron chi connectivity index (χ4n) is 1.77. The first-order valence-electron chi connectivity index (χ1n) is 4.69. The van der Waals surface area contributed by atoms with Gasteiger partial charge >= 0.3 is 6.18 Å². The average Bonchev–Trinajstić information content (AvgIpc) is 2.18. The van der Waals surface area contributed by atoms with Gasteiger partial charge in [0.1, 0.15) is 5.75 Å². The highest BCUT2D eigenvalue weighted by molar-refractivity contribution is 9.10. The number of alkyl halides is 3. The van der Waals surface area contributed by atoms with Crippen LogP contribution < -0.4 is 10.5 Å². The number of hydrogen-bond donors (Lipinski definition) is 1. The molecule has 1 aromatic rings. The molecule has 0 aliphatic carbocycles. The molecule has 0 saturated heterocycles. The quantitative estimate of drug-likeness (QED) is 0.787. The van der Waals surface area contributed by atoms with E-state index < -0.39 is 17.8 Å². The lowest BCUT2D eigenvalue weighted by Crippen LogP contribution is -2.25. The fraction of sp³-hybridized carbons (Fsp3) is 0.400. The van der Waals surface area contributed by atoms with Crippen LogP contribution in [0.5, 0.6) is 5.75 Å². The lowest BCUT2D eigenvalue weighted by Gasteiger charge is -2.27. The Morgan fingerprint density at radius 1 is 1.35 bits per heavy atom. The number of benzene rings is 1. The van der Waals surface area contributed by atoms with Gasteiger partial charge in [0, 0.05) is 18.0 Å². The SMILES string of the molecule is Cl.N[C@@H]1CCOc2c(Br)ccc(C(F)(F)F)c21. The zero-order valence-electron chi connectivity index (χ0n) is 8.55. The Balaban J connectivity index is 0.00000144. The molecule has 7 heteroatoms. The van der Waals surface area contributed by atoms with E-state index in [0.29, 0.717) is 17.5 Å². The summed E-state index contributed by atoms with van der Waals surface area (Å²) in [5, 5.41) is 0. The number of fused-ring (bicyclic) bond motifs is 1. The van der Waals surface area contributed by atoms with Crippen LogP contribution in [0.15, 0.2) is 16.6 Å². The second-order valence-electron chi connectivity index (χ2n) is 3.58. The van der Waals surface area contributed by atoms with Gasteiger partial charge in [0.2, 0.25) is 0 Å². The van der Waals surface area contributed by atoms with Crippen molar-refractivity contribution in [2.75, 3.05) is 6.61 Å². The standard InChI is InChI=1S/C10H9BrF3NO.ClH/c11-6-2-1-5(10(12,13)14)8-7(15)3-4-16-9(6)8;/h1-2,7H,3-4,15H2;1H/t7-;/m1./s1. The van der Waals surface area contributed by atoms with Gasteiger partial charge < -0.3 is 10.5 Å². The maximum Gasteiger partial charge on any atom is 0.416 e. The molecular weight excluding hydrogens is 322 g/mol. The summed E-state index contributed by atoms with van der Waals surface area (Å²) in [6.45, 7) is 0.341. The van der Waals surface area contributed by atoms with Crippen molar-refractivity contribution in [3.8, 4) is 5.75 Å².